The van der Waals surface area contributed by atoms with E-state index in [0.29, 0.717) is 6.04 Å². The van der Waals surface area contributed by atoms with Crippen LogP contribution in [0.2, 0.25) is 0 Å². The number of nitrogens with zero attached hydrogens (tertiary/aromatic N) is 4. The van der Waals surface area contributed by atoms with Crippen LogP contribution in [0.3, 0.4) is 0 Å². The van der Waals surface area contributed by atoms with E-state index in [1.165, 1.54) is 0 Å². The molecule has 2 rings (SSSR count). The van der Waals surface area contributed by atoms with Gasteiger partial charge in [-0.1, -0.05) is 0 Å². The summed E-state index contributed by atoms with van der Waals surface area (Å²) in [4.78, 5) is 6.71. The molecule has 5 heteroatoms. The van der Waals surface area contributed by atoms with Gasteiger partial charge in [0.15, 0.2) is 0 Å². The standard InChI is InChI=1S/C13H21N5/c1-11(2)16-12(9-14)3-5-17-7-8-18-6-4-15-13(18)10-17/h4,6,11-12,16H,3,5,7-8,10H2,1-2H3. The van der Waals surface area contributed by atoms with E-state index in [9.17, 15) is 0 Å². The molecule has 5 nitrogen and oxygen atoms in total. The SMILES string of the molecule is CC(C)NC(C#N)CCN1CCn2ccnc2C1. The lowest BCUT2D eigenvalue weighted by molar-refractivity contribution is 0.209. The van der Waals surface area contributed by atoms with Gasteiger partial charge in [-0.3, -0.25) is 10.2 Å². The zero-order chi connectivity index (χ0) is 13.0. The molecule has 1 aliphatic heterocycles. The predicted molar refractivity (Wildman–Crippen MR) is 69.8 cm³/mol. The van der Waals surface area contributed by atoms with Crippen LogP contribution < -0.4 is 5.32 Å². The van der Waals surface area contributed by atoms with Gasteiger partial charge in [-0.25, -0.2) is 4.98 Å². The second-order valence-electron chi connectivity index (χ2n) is 5.10. The maximum atomic E-state index is 9.08. The van der Waals surface area contributed by atoms with Crippen molar-refractivity contribution in [3.63, 3.8) is 0 Å². The summed E-state index contributed by atoms with van der Waals surface area (Å²) in [6, 6.07) is 2.64. The summed E-state index contributed by atoms with van der Waals surface area (Å²) in [5.74, 6) is 1.13. The molecule has 1 unspecified atom stereocenters. The average molecular weight is 247 g/mol. The molecule has 1 aromatic rings. The summed E-state index contributed by atoms with van der Waals surface area (Å²) >= 11 is 0. The van der Waals surface area contributed by atoms with Crippen molar-refractivity contribution in [2.24, 2.45) is 0 Å². The third-order valence-electron chi connectivity index (χ3n) is 3.25. The Labute approximate surface area is 108 Å². The fraction of sp³-hybridized carbons (Fsp3) is 0.692. The van der Waals surface area contributed by atoms with E-state index >= 15 is 0 Å². The van der Waals surface area contributed by atoms with Crippen LogP contribution >= 0.6 is 0 Å². The molecule has 0 fully saturated rings. The topological polar surface area (TPSA) is 56.9 Å². The maximum absolute atomic E-state index is 9.08. The van der Waals surface area contributed by atoms with Crippen LogP contribution in [0.1, 0.15) is 26.1 Å². The van der Waals surface area contributed by atoms with Gasteiger partial charge in [-0.2, -0.15) is 5.26 Å². The van der Waals surface area contributed by atoms with Crippen molar-refractivity contribution in [2.45, 2.75) is 45.4 Å². The first-order valence-electron chi connectivity index (χ1n) is 6.57. The molecule has 1 atom stereocenters. The predicted octanol–water partition coefficient (Wildman–Crippen LogP) is 0.979. The summed E-state index contributed by atoms with van der Waals surface area (Å²) in [5.41, 5.74) is 0. The van der Waals surface area contributed by atoms with Crippen molar-refractivity contribution >= 4 is 0 Å². The van der Waals surface area contributed by atoms with Crippen molar-refractivity contribution in [1.29, 1.82) is 5.26 Å². The Morgan fingerprint density at radius 3 is 3.06 bits per heavy atom. The molecule has 1 aromatic heterocycles. The second kappa shape index (κ2) is 5.98. The van der Waals surface area contributed by atoms with Gasteiger partial charge >= 0.3 is 0 Å². The smallest absolute Gasteiger partial charge is 0.122 e. The number of nitrogens with one attached hydrogen (secondary N) is 1. The minimum absolute atomic E-state index is 0.0494. The molecule has 0 saturated heterocycles. The van der Waals surface area contributed by atoms with Gasteiger partial charge in [0, 0.05) is 38.1 Å². The van der Waals surface area contributed by atoms with Gasteiger partial charge in [0.1, 0.15) is 5.82 Å². The Bertz CT molecular complexity index is 417. The Balaban J connectivity index is 1.80. The van der Waals surface area contributed by atoms with Gasteiger partial charge in [0.05, 0.1) is 18.7 Å². The van der Waals surface area contributed by atoms with Crippen LogP contribution in [-0.4, -0.2) is 39.6 Å². The summed E-state index contributed by atoms with van der Waals surface area (Å²) in [6.07, 6.45) is 4.76. The summed E-state index contributed by atoms with van der Waals surface area (Å²) in [7, 11) is 0. The van der Waals surface area contributed by atoms with Gasteiger partial charge in [0.25, 0.3) is 0 Å². The minimum Gasteiger partial charge on any atom is -0.333 e. The fourth-order valence-electron chi connectivity index (χ4n) is 2.31. The van der Waals surface area contributed by atoms with E-state index < -0.39 is 0 Å². The highest BCUT2D eigenvalue weighted by molar-refractivity contribution is 4.96. The van der Waals surface area contributed by atoms with Crippen molar-refractivity contribution in [1.82, 2.24) is 19.8 Å². The molecule has 0 bridgehead atoms. The number of fused-ring (bicyclic) bond motifs is 1. The van der Waals surface area contributed by atoms with E-state index in [4.69, 9.17) is 5.26 Å². The summed E-state index contributed by atoms with van der Waals surface area (Å²) in [6.45, 7) is 8.04. The number of nitriles is 1. The highest BCUT2D eigenvalue weighted by Gasteiger charge is 2.17. The van der Waals surface area contributed by atoms with Gasteiger partial charge in [-0.15, -0.1) is 0 Å². The third-order valence-corrected chi connectivity index (χ3v) is 3.25. The lowest BCUT2D eigenvalue weighted by atomic mass is 10.2. The van der Waals surface area contributed by atoms with Crippen molar-refractivity contribution in [3.8, 4) is 6.07 Å². The van der Waals surface area contributed by atoms with E-state index in [1.54, 1.807) is 0 Å². The molecule has 0 saturated carbocycles. The fourth-order valence-corrected chi connectivity index (χ4v) is 2.31. The van der Waals surface area contributed by atoms with Crippen molar-refractivity contribution in [2.75, 3.05) is 13.1 Å². The zero-order valence-electron chi connectivity index (χ0n) is 11.1. The Morgan fingerprint density at radius 1 is 1.50 bits per heavy atom. The molecule has 0 aliphatic carbocycles. The number of aromatic nitrogens is 2. The third kappa shape index (κ3) is 3.31. The second-order valence-corrected chi connectivity index (χ2v) is 5.10. The van der Waals surface area contributed by atoms with E-state index in [-0.39, 0.29) is 6.04 Å². The van der Waals surface area contributed by atoms with E-state index in [2.05, 4.69) is 39.7 Å². The largest absolute Gasteiger partial charge is 0.333 e. The molecule has 98 valence electrons. The Morgan fingerprint density at radius 2 is 2.33 bits per heavy atom. The molecular formula is C13H21N5. The first-order chi connectivity index (χ1) is 8.69. The van der Waals surface area contributed by atoms with E-state index in [0.717, 1.165) is 38.4 Å². The highest BCUT2D eigenvalue weighted by atomic mass is 15.2. The first-order valence-corrected chi connectivity index (χ1v) is 6.57. The molecular weight excluding hydrogens is 226 g/mol. The molecule has 0 aromatic carbocycles. The first kappa shape index (κ1) is 13.1. The molecule has 1 aliphatic rings. The highest BCUT2D eigenvalue weighted by Crippen LogP contribution is 2.10. The lowest BCUT2D eigenvalue weighted by Gasteiger charge is -2.28. The van der Waals surface area contributed by atoms with Crippen LogP contribution in [0, 0.1) is 11.3 Å². The molecule has 0 radical (unpaired) electrons. The summed E-state index contributed by atoms with van der Waals surface area (Å²) < 4.78 is 2.20. The van der Waals surface area contributed by atoms with Gasteiger partial charge < -0.3 is 4.57 Å². The average Bonchev–Trinajstić information content (AvgIpc) is 2.81. The molecule has 2 heterocycles. The summed E-state index contributed by atoms with van der Waals surface area (Å²) in [5, 5.41) is 12.4. The van der Waals surface area contributed by atoms with Crippen LogP contribution in [0.5, 0.6) is 0 Å². The van der Waals surface area contributed by atoms with Crippen molar-refractivity contribution in [3.05, 3.63) is 18.2 Å². The lowest BCUT2D eigenvalue weighted by Crippen LogP contribution is -2.39. The van der Waals surface area contributed by atoms with Crippen LogP contribution in [-0.2, 0) is 13.1 Å². The maximum Gasteiger partial charge on any atom is 0.122 e. The molecule has 18 heavy (non-hydrogen) atoms. The zero-order valence-corrected chi connectivity index (χ0v) is 11.1. The molecule has 1 N–H and O–H groups in total. The Hall–Kier alpha value is -1.38. The normalized spacial score (nSPS) is 17.4. The molecule has 0 amide bonds. The monoisotopic (exact) mass is 247 g/mol. The number of hydrogen-bond acceptors (Lipinski definition) is 4. The Kier molecular flexibility index (Phi) is 4.34. The van der Waals surface area contributed by atoms with Crippen molar-refractivity contribution < 1.29 is 0 Å². The van der Waals surface area contributed by atoms with Crippen LogP contribution in [0.4, 0.5) is 0 Å². The van der Waals surface area contributed by atoms with E-state index in [1.807, 2.05) is 12.4 Å². The van der Waals surface area contributed by atoms with Gasteiger partial charge in [-0.05, 0) is 20.3 Å². The van der Waals surface area contributed by atoms with Crippen LogP contribution in [0.15, 0.2) is 12.4 Å². The number of rotatable bonds is 5. The minimum atomic E-state index is -0.0494. The van der Waals surface area contributed by atoms with Crippen LogP contribution in [0.25, 0.3) is 0 Å². The van der Waals surface area contributed by atoms with Gasteiger partial charge in [0.2, 0.25) is 0 Å². The number of hydrogen-bond donors (Lipinski definition) is 1. The molecule has 0 spiro atoms. The number of imidazole rings is 1. The quantitative estimate of drug-likeness (QED) is 0.842.